The summed E-state index contributed by atoms with van der Waals surface area (Å²) >= 11 is 0. The summed E-state index contributed by atoms with van der Waals surface area (Å²) in [5, 5.41) is 23.7. The molecule has 0 bridgehead atoms. The summed E-state index contributed by atoms with van der Waals surface area (Å²) in [6.45, 7) is 0. The number of hydrogen-bond donors (Lipinski definition) is 0. The summed E-state index contributed by atoms with van der Waals surface area (Å²) in [4.78, 5) is 0. The maximum absolute atomic E-state index is 9.47. The molecule has 4 aromatic rings. The van der Waals surface area contributed by atoms with Crippen molar-refractivity contribution < 1.29 is 0 Å². The van der Waals surface area contributed by atoms with Crippen LogP contribution in [0.25, 0.3) is 21.5 Å². The topological polar surface area (TPSA) is 47.6 Å². The fourth-order valence-corrected chi connectivity index (χ4v) is 4.26. The molecule has 0 heterocycles. The van der Waals surface area contributed by atoms with Crippen molar-refractivity contribution in [3.8, 4) is 12.1 Å². The summed E-state index contributed by atoms with van der Waals surface area (Å²) in [6, 6.07) is 34.0. The molecule has 2 heteroatoms. The second kappa shape index (κ2) is 7.95. The van der Waals surface area contributed by atoms with E-state index in [1.807, 2.05) is 12.1 Å². The lowest BCUT2D eigenvalue weighted by atomic mass is 9.75. The van der Waals surface area contributed by atoms with Gasteiger partial charge in [-0.25, -0.2) is 0 Å². The first-order chi connectivity index (χ1) is 13.8. The molecule has 0 spiro atoms. The molecule has 0 aromatic heterocycles. The molecule has 0 saturated carbocycles. The minimum atomic E-state index is -0.0633. The zero-order valence-electron chi connectivity index (χ0n) is 15.5. The highest BCUT2D eigenvalue weighted by atomic mass is 14.3. The van der Waals surface area contributed by atoms with Gasteiger partial charge in [0.2, 0.25) is 0 Å². The highest BCUT2D eigenvalue weighted by molar-refractivity contribution is 5.90. The molecule has 0 amide bonds. The average molecular weight is 360 g/mol. The minimum Gasteiger partial charge on any atom is -0.198 e. The maximum atomic E-state index is 9.47. The zero-order chi connectivity index (χ0) is 19.3. The largest absolute Gasteiger partial charge is 0.198 e. The minimum absolute atomic E-state index is 0.0171. The summed E-state index contributed by atoms with van der Waals surface area (Å²) in [6.07, 6.45) is 0.704. The summed E-state index contributed by atoms with van der Waals surface area (Å²) < 4.78 is 0. The summed E-state index contributed by atoms with van der Waals surface area (Å²) in [5.74, 6) is -0.0805. The highest BCUT2D eigenvalue weighted by Crippen LogP contribution is 2.41. The van der Waals surface area contributed by atoms with Gasteiger partial charge in [0.15, 0.2) is 0 Å². The molecular formula is C26H20N2. The van der Waals surface area contributed by atoms with Crippen LogP contribution in [0.3, 0.4) is 0 Å². The van der Waals surface area contributed by atoms with Gasteiger partial charge in [0.25, 0.3) is 0 Å². The first kappa shape index (κ1) is 17.8. The van der Waals surface area contributed by atoms with E-state index < -0.39 is 0 Å². The lowest BCUT2D eigenvalue weighted by Crippen LogP contribution is -2.15. The molecule has 0 saturated heterocycles. The molecule has 0 aliphatic heterocycles. The number of nitriles is 2. The van der Waals surface area contributed by atoms with Crippen molar-refractivity contribution in [2.45, 2.75) is 18.8 Å². The standard InChI is InChI=1S/C26H20N2/c27-17-15-21(16-18-28)26(24-13-5-9-19-7-1-3-11-22(19)24)25-14-6-10-20-8-2-4-12-23(20)25/h1-14,21,26H,15-16H2. The van der Waals surface area contributed by atoms with Crippen LogP contribution in [-0.2, 0) is 0 Å². The van der Waals surface area contributed by atoms with Crippen LogP contribution in [0.4, 0.5) is 0 Å². The third-order valence-corrected chi connectivity index (χ3v) is 5.50. The molecule has 0 N–H and O–H groups in total. The maximum Gasteiger partial charge on any atom is 0.0625 e. The lowest BCUT2D eigenvalue weighted by Gasteiger charge is -2.27. The highest BCUT2D eigenvalue weighted by Gasteiger charge is 2.27. The number of rotatable bonds is 5. The van der Waals surface area contributed by atoms with Gasteiger partial charge in [-0.2, -0.15) is 10.5 Å². The van der Waals surface area contributed by atoms with E-state index in [-0.39, 0.29) is 11.8 Å². The second-order valence-electron chi connectivity index (χ2n) is 7.10. The SMILES string of the molecule is N#CCC(CC#N)C(c1cccc2ccccc12)c1cccc2ccccc12. The van der Waals surface area contributed by atoms with Crippen LogP contribution in [0, 0.1) is 28.6 Å². The second-order valence-corrected chi connectivity index (χ2v) is 7.10. The fourth-order valence-electron chi connectivity index (χ4n) is 4.26. The van der Waals surface area contributed by atoms with E-state index in [1.54, 1.807) is 0 Å². The van der Waals surface area contributed by atoms with Crippen molar-refractivity contribution in [1.82, 2.24) is 0 Å². The van der Waals surface area contributed by atoms with Crippen LogP contribution >= 0.6 is 0 Å². The number of nitrogens with zero attached hydrogens (tertiary/aromatic N) is 2. The lowest BCUT2D eigenvalue weighted by molar-refractivity contribution is 0.491. The molecule has 4 aromatic carbocycles. The molecule has 28 heavy (non-hydrogen) atoms. The third-order valence-electron chi connectivity index (χ3n) is 5.50. The average Bonchev–Trinajstić information content (AvgIpc) is 2.74. The molecular weight excluding hydrogens is 340 g/mol. The van der Waals surface area contributed by atoms with Crippen molar-refractivity contribution in [1.29, 1.82) is 10.5 Å². The van der Waals surface area contributed by atoms with E-state index in [4.69, 9.17) is 0 Å². The van der Waals surface area contributed by atoms with E-state index in [0.717, 1.165) is 0 Å². The van der Waals surface area contributed by atoms with Gasteiger partial charge >= 0.3 is 0 Å². The van der Waals surface area contributed by atoms with Crippen LogP contribution in [0.2, 0.25) is 0 Å². The van der Waals surface area contributed by atoms with Crippen LogP contribution in [0.15, 0.2) is 84.9 Å². The smallest absolute Gasteiger partial charge is 0.0625 e. The molecule has 0 aliphatic rings. The Morgan fingerprint density at radius 3 is 1.46 bits per heavy atom. The van der Waals surface area contributed by atoms with Crippen molar-refractivity contribution in [2.75, 3.05) is 0 Å². The Bertz CT molecular complexity index is 1100. The molecule has 0 aliphatic carbocycles. The predicted octanol–water partition coefficient (Wildman–Crippen LogP) is 6.57. The summed E-state index contributed by atoms with van der Waals surface area (Å²) in [7, 11) is 0. The van der Waals surface area contributed by atoms with E-state index in [2.05, 4.69) is 84.9 Å². The van der Waals surface area contributed by atoms with Crippen molar-refractivity contribution in [3.63, 3.8) is 0 Å². The Kier molecular flexibility index (Phi) is 5.05. The Hall–Kier alpha value is -3.62. The molecule has 134 valence electrons. The van der Waals surface area contributed by atoms with Gasteiger partial charge in [0.05, 0.1) is 12.1 Å². The van der Waals surface area contributed by atoms with E-state index in [9.17, 15) is 10.5 Å². The molecule has 0 unspecified atom stereocenters. The molecule has 0 fully saturated rings. The van der Waals surface area contributed by atoms with Crippen LogP contribution in [0.1, 0.15) is 29.9 Å². The monoisotopic (exact) mass is 360 g/mol. The van der Waals surface area contributed by atoms with E-state index in [1.165, 1.54) is 32.7 Å². The van der Waals surface area contributed by atoms with Crippen molar-refractivity contribution >= 4 is 21.5 Å². The van der Waals surface area contributed by atoms with Gasteiger partial charge in [-0.05, 0) is 38.6 Å². The van der Waals surface area contributed by atoms with Gasteiger partial charge < -0.3 is 0 Å². The first-order valence-electron chi connectivity index (χ1n) is 9.52. The molecule has 4 rings (SSSR count). The van der Waals surface area contributed by atoms with Gasteiger partial charge in [0, 0.05) is 18.8 Å². The molecule has 0 radical (unpaired) electrons. The van der Waals surface area contributed by atoms with Crippen molar-refractivity contribution in [2.24, 2.45) is 5.92 Å². The van der Waals surface area contributed by atoms with Crippen LogP contribution in [-0.4, -0.2) is 0 Å². The Morgan fingerprint density at radius 2 is 1.00 bits per heavy atom. The van der Waals surface area contributed by atoms with Gasteiger partial charge in [-0.1, -0.05) is 84.9 Å². The number of benzene rings is 4. The van der Waals surface area contributed by atoms with E-state index >= 15 is 0 Å². The third kappa shape index (κ3) is 3.22. The van der Waals surface area contributed by atoms with Crippen LogP contribution < -0.4 is 0 Å². The molecule has 0 atom stereocenters. The molecule has 2 nitrogen and oxygen atoms in total. The van der Waals surface area contributed by atoms with Crippen LogP contribution in [0.5, 0.6) is 0 Å². The quantitative estimate of drug-likeness (QED) is 0.404. The van der Waals surface area contributed by atoms with Gasteiger partial charge in [-0.3, -0.25) is 0 Å². The Labute approximate surface area is 165 Å². The van der Waals surface area contributed by atoms with E-state index in [0.29, 0.717) is 12.8 Å². The Balaban J connectivity index is 2.02. The van der Waals surface area contributed by atoms with Crippen molar-refractivity contribution in [3.05, 3.63) is 96.1 Å². The first-order valence-corrected chi connectivity index (χ1v) is 9.52. The zero-order valence-corrected chi connectivity index (χ0v) is 15.5. The number of hydrogen-bond acceptors (Lipinski definition) is 2. The normalized spacial score (nSPS) is 11.0. The summed E-state index contributed by atoms with van der Waals surface area (Å²) in [5.41, 5.74) is 2.37. The fraction of sp³-hybridized carbons (Fsp3) is 0.154. The predicted molar refractivity (Wildman–Crippen MR) is 114 cm³/mol. The van der Waals surface area contributed by atoms with Gasteiger partial charge in [-0.15, -0.1) is 0 Å². The Morgan fingerprint density at radius 1 is 0.571 bits per heavy atom. The van der Waals surface area contributed by atoms with Gasteiger partial charge in [0.1, 0.15) is 0 Å². The number of fused-ring (bicyclic) bond motifs is 2.